The minimum atomic E-state index is -4.18. The van der Waals surface area contributed by atoms with E-state index in [4.69, 9.17) is 9.47 Å². The first-order chi connectivity index (χ1) is 14.8. The number of nitrogens with one attached hydrogen (secondary N) is 1. The number of ether oxygens (including phenoxy) is 2. The fraction of sp³-hybridized carbons (Fsp3) is 0.150. The van der Waals surface area contributed by atoms with Crippen molar-refractivity contribution in [3.05, 3.63) is 70.8 Å². The zero-order chi connectivity index (χ0) is 22.0. The molecule has 0 bridgehead atoms. The topological polar surface area (TPSA) is 117 Å². The number of benzene rings is 2. The first kappa shape index (κ1) is 20.5. The molecule has 0 unspecified atom stereocenters. The third kappa shape index (κ3) is 4.40. The lowest BCUT2D eigenvalue weighted by molar-refractivity contribution is -0.117. The predicted molar refractivity (Wildman–Crippen MR) is 106 cm³/mol. The Bertz CT molecular complexity index is 1320. The molecule has 3 aromatic rings. The largest absolute Gasteiger partial charge is 0.486 e. The zero-order valence-corrected chi connectivity index (χ0v) is 16.8. The number of amides is 1. The van der Waals surface area contributed by atoms with Gasteiger partial charge in [-0.15, -0.1) is 0 Å². The second-order valence-electron chi connectivity index (χ2n) is 6.53. The van der Waals surface area contributed by atoms with Crippen LogP contribution in [0.1, 0.15) is 0 Å². The molecule has 1 aliphatic rings. The lowest BCUT2D eigenvalue weighted by Gasteiger charge is -2.19. The minimum absolute atomic E-state index is 0.314. The summed E-state index contributed by atoms with van der Waals surface area (Å²) in [6.07, 6.45) is 0. The Hall–Kier alpha value is -3.73. The third-order valence-corrected chi connectivity index (χ3v) is 5.99. The number of hydrogen-bond donors (Lipinski definition) is 1. The van der Waals surface area contributed by atoms with E-state index in [1.807, 2.05) is 0 Å². The number of hydrogen-bond acceptors (Lipinski definition) is 7. The van der Waals surface area contributed by atoms with E-state index >= 15 is 0 Å². The SMILES string of the molecule is O=C(Cn1nc(S(=O)(=O)c2cccc(F)c2)ccc1=O)Nc1ccc2c(c1)OCCO2. The van der Waals surface area contributed by atoms with E-state index in [2.05, 4.69) is 10.4 Å². The summed E-state index contributed by atoms with van der Waals surface area (Å²) >= 11 is 0. The molecule has 1 aromatic heterocycles. The van der Waals surface area contributed by atoms with Crippen LogP contribution < -0.4 is 20.3 Å². The summed E-state index contributed by atoms with van der Waals surface area (Å²) in [4.78, 5) is 24.2. The molecule has 4 rings (SSSR count). The molecule has 1 aliphatic heterocycles. The molecule has 31 heavy (non-hydrogen) atoms. The monoisotopic (exact) mass is 445 g/mol. The van der Waals surface area contributed by atoms with E-state index in [1.165, 1.54) is 12.1 Å². The van der Waals surface area contributed by atoms with Crippen LogP contribution >= 0.6 is 0 Å². The summed E-state index contributed by atoms with van der Waals surface area (Å²) in [6, 6.07) is 11.2. The number of carbonyl (C=O) groups excluding carboxylic acids is 1. The number of rotatable bonds is 5. The van der Waals surface area contributed by atoms with Gasteiger partial charge in [-0.25, -0.2) is 17.5 Å². The molecule has 0 fully saturated rings. The van der Waals surface area contributed by atoms with Crippen molar-refractivity contribution in [2.45, 2.75) is 16.5 Å². The van der Waals surface area contributed by atoms with E-state index in [0.29, 0.717) is 30.4 Å². The molecule has 0 saturated carbocycles. The average Bonchev–Trinajstić information content (AvgIpc) is 2.75. The van der Waals surface area contributed by atoms with Crippen molar-refractivity contribution in [3.63, 3.8) is 0 Å². The van der Waals surface area contributed by atoms with Crippen molar-refractivity contribution in [3.8, 4) is 11.5 Å². The first-order valence-corrected chi connectivity index (χ1v) is 10.6. The summed E-state index contributed by atoms with van der Waals surface area (Å²) in [5.74, 6) is -0.306. The van der Waals surface area contributed by atoms with Gasteiger partial charge in [-0.1, -0.05) is 6.07 Å². The zero-order valence-electron chi connectivity index (χ0n) is 15.9. The highest BCUT2D eigenvalue weighted by Gasteiger charge is 2.22. The fourth-order valence-corrected chi connectivity index (χ4v) is 4.12. The Labute approximate surface area is 176 Å². The molecule has 9 nitrogen and oxygen atoms in total. The molecule has 0 spiro atoms. The molecule has 11 heteroatoms. The van der Waals surface area contributed by atoms with Gasteiger partial charge in [0, 0.05) is 17.8 Å². The predicted octanol–water partition coefficient (Wildman–Crippen LogP) is 1.63. The van der Waals surface area contributed by atoms with Crippen molar-refractivity contribution in [2.75, 3.05) is 18.5 Å². The molecule has 0 radical (unpaired) electrons. The third-order valence-electron chi connectivity index (χ3n) is 4.34. The van der Waals surface area contributed by atoms with Crippen LogP contribution in [0.2, 0.25) is 0 Å². The number of carbonyl (C=O) groups is 1. The van der Waals surface area contributed by atoms with Crippen LogP contribution in [0.5, 0.6) is 11.5 Å². The summed E-state index contributed by atoms with van der Waals surface area (Å²) in [7, 11) is -4.18. The summed E-state index contributed by atoms with van der Waals surface area (Å²) < 4.78 is 50.4. The molecule has 0 atom stereocenters. The van der Waals surface area contributed by atoms with Crippen molar-refractivity contribution in [1.82, 2.24) is 9.78 Å². The molecule has 2 aromatic carbocycles. The second-order valence-corrected chi connectivity index (χ2v) is 8.43. The van der Waals surface area contributed by atoms with Gasteiger partial charge in [0.2, 0.25) is 15.7 Å². The van der Waals surface area contributed by atoms with Gasteiger partial charge in [-0.2, -0.15) is 5.10 Å². The number of sulfone groups is 1. The van der Waals surface area contributed by atoms with Gasteiger partial charge in [0.05, 0.1) is 4.90 Å². The van der Waals surface area contributed by atoms with Crippen LogP contribution in [-0.2, 0) is 21.2 Å². The molecular weight excluding hydrogens is 429 g/mol. The molecule has 2 heterocycles. The van der Waals surface area contributed by atoms with Crippen molar-refractivity contribution in [1.29, 1.82) is 0 Å². The molecule has 1 amide bonds. The van der Waals surface area contributed by atoms with Gasteiger partial charge in [0.25, 0.3) is 5.56 Å². The molecule has 0 aliphatic carbocycles. The van der Waals surface area contributed by atoms with Gasteiger partial charge < -0.3 is 14.8 Å². The maximum absolute atomic E-state index is 13.4. The van der Waals surface area contributed by atoms with Crippen LogP contribution in [0.25, 0.3) is 0 Å². The molecular formula is C20H16FN3O6S. The fourth-order valence-electron chi connectivity index (χ4n) is 2.90. The Kier molecular flexibility index (Phi) is 5.42. The van der Waals surface area contributed by atoms with E-state index in [-0.39, 0.29) is 4.90 Å². The maximum Gasteiger partial charge on any atom is 0.267 e. The van der Waals surface area contributed by atoms with Gasteiger partial charge in [-0.3, -0.25) is 9.59 Å². The Balaban J connectivity index is 1.55. The van der Waals surface area contributed by atoms with Crippen LogP contribution in [0.3, 0.4) is 0 Å². The first-order valence-electron chi connectivity index (χ1n) is 9.11. The Morgan fingerprint density at radius 2 is 1.84 bits per heavy atom. The highest BCUT2D eigenvalue weighted by molar-refractivity contribution is 7.91. The smallest absolute Gasteiger partial charge is 0.267 e. The van der Waals surface area contributed by atoms with Crippen LogP contribution in [0.15, 0.2) is 69.3 Å². The van der Waals surface area contributed by atoms with E-state index in [0.717, 1.165) is 28.9 Å². The van der Waals surface area contributed by atoms with Crippen LogP contribution in [-0.4, -0.2) is 37.3 Å². The van der Waals surface area contributed by atoms with Crippen molar-refractivity contribution < 1.29 is 27.1 Å². The quantitative estimate of drug-likeness (QED) is 0.634. The summed E-state index contributed by atoms with van der Waals surface area (Å²) in [6.45, 7) is 0.290. The number of anilines is 1. The normalized spacial score (nSPS) is 12.9. The summed E-state index contributed by atoms with van der Waals surface area (Å²) in [5, 5.41) is 5.90. The van der Waals surface area contributed by atoms with Gasteiger partial charge >= 0.3 is 0 Å². The van der Waals surface area contributed by atoms with Crippen molar-refractivity contribution in [2.24, 2.45) is 0 Å². The number of halogens is 1. The Morgan fingerprint density at radius 3 is 2.61 bits per heavy atom. The van der Waals surface area contributed by atoms with E-state index in [1.54, 1.807) is 18.2 Å². The average molecular weight is 445 g/mol. The molecule has 160 valence electrons. The Morgan fingerprint density at radius 1 is 1.06 bits per heavy atom. The number of nitrogens with zero attached hydrogens (tertiary/aromatic N) is 2. The van der Waals surface area contributed by atoms with Crippen LogP contribution in [0, 0.1) is 5.82 Å². The van der Waals surface area contributed by atoms with Gasteiger partial charge in [-0.05, 0) is 36.4 Å². The minimum Gasteiger partial charge on any atom is -0.486 e. The van der Waals surface area contributed by atoms with Crippen molar-refractivity contribution >= 4 is 21.4 Å². The standard InChI is InChI=1S/C20H16FN3O6S/c21-13-2-1-3-15(10-13)31(27,28)19-6-7-20(26)24(23-19)12-18(25)22-14-4-5-16-17(11-14)30-9-8-29-16/h1-7,10-11H,8-9,12H2,(H,22,25). The van der Waals surface area contributed by atoms with Gasteiger partial charge in [0.15, 0.2) is 16.5 Å². The lowest BCUT2D eigenvalue weighted by Crippen LogP contribution is -2.30. The van der Waals surface area contributed by atoms with E-state index in [9.17, 15) is 22.4 Å². The van der Waals surface area contributed by atoms with E-state index < -0.39 is 38.7 Å². The highest BCUT2D eigenvalue weighted by Crippen LogP contribution is 2.32. The van der Waals surface area contributed by atoms with Gasteiger partial charge in [0.1, 0.15) is 25.6 Å². The second kappa shape index (κ2) is 8.19. The maximum atomic E-state index is 13.4. The molecule has 1 N–H and O–H groups in total. The van der Waals surface area contributed by atoms with Crippen LogP contribution in [0.4, 0.5) is 10.1 Å². The highest BCUT2D eigenvalue weighted by atomic mass is 32.2. The number of aromatic nitrogens is 2. The molecule has 0 saturated heterocycles. The summed E-state index contributed by atoms with van der Waals surface area (Å²) in [5.41, 5.74) is -0.263. The number of fused-ring (bicyclic) bond motifs is 1. The lowest BCUT2D eigenvalue weighted by atomic mass is 10.2.